The average molecular weight is 597 g/mol. The summed E-state index contributed by atoms with van der Waals surface area (Å²) < 4.78 is -0.698. The number of likely N-dealkylation sites (tertiary alicyclic amines) is 1. The van der Waals surface area contributed by atoms with E-state index in [1.807, 2.05) is 11.8 Å². The molecule has 1 aliphatic carbocycles. The molecular formula is C28H42BrN3O4S. The zero-order valence-corrected chi connectivity index (χ0v) is 24.6. The fourth-order valence-corrected chi connectivity index (χ4v) is 10.8. The highest BCUT2D eigenvalue weighted by atomic mass is 79.9. The minimum absolute atomic E-state index is 0.0245. The Labute approximate surface area is 234 Å². The molecule has 0 aromatic rings. The Morgan fingerprint density at radius 3 is 2.49 bits per heavy atom. The Hall–Kier alpha value is -1.32. The molecule has 3 heterocycles. The Kier molecular flexibility index (Phi) is 9.17. The molecule has 3 aliphatic heterocycles. The summed E-state index contributed by atoms with van der Waals surface area (Å²) in [7, 11) is 0. The number of thioether (sulfide) groups is 1. The molecule has 7 nitrogen and oxygen atoms in total. The minimum Gasteiger partial charge on any atom is -0.394 e. The third-order valence-electron chi connectivity index (χ3n) is 8.76. The minimum atomic E-state index is -0.707. The maximum atomic E-state index is 14.5. The summed E-state index contributed by atoms with van der Waals surface area (Å²) in [5.74, 6) is -1.32. The van der Waals surface area contributed by atoms with Gasteiger partial charge in [-0.3, -0.25) is 14.4 Å². The third kappa shape index (κ3) is 4.82. The topological polar surface area (TPSA) is 81.2 Å². The smallest absolute Gasteiger partial charge is 0.247 e. The molecule has 1 spiro atoms. The van der Waals surface area contributed by atoms with E-state index in [1.165, 1.54) is 6.42 Å². The monoisotopic (exact) mass is 595 g/mol. The van der Waals surface area contributed by atoms with Gasteiger partial charge in [0.2, 0.25) is 17.7 Å². The molecule has 1 saturated carbocycles. The molecule has 1 N–H and O–H groups in total. The van der Waals surface area contributed by atoms with Crippen LogP contribution in [0.25, 0.3) is 0 Å². The molecule has 0 aromatic carbocycles. The van der Waals surface area contributed by atoms with Crippen LogP contribution >= 0.6 is 27.7 Å². The maximum Gasteiger partial charge on any atom is 0.247 e. The number of halogens is 1. The van der Waals surface area contributed by atoms with Gasteiger partial charge in [-0.05, 0) is 32.6 Å². The normalized spacial score (nSPS) is 33.8. The van der Waals surface area contributed by atoms with Crippen molar-refractivity contribution in [1.82, 2.24) is 14.7 Å². The first-order chi connectivity index (χ1) is 17.8. The van der Waals surface area contributed by atoms with Crippen molar-refractivity contribution in [1.29, 1.82) is 0 Å². The van der Waals surface area contributed by atoms with Gasteiger partial charge in [0.1, 0.15) is 6.04 Å². The molecule has 37 heavy (non-hydrogen) atoms. The lowest BCUT2D eigenvalue weighted by Crippen LogP contribution is -2.59. The first-order valence-electron chi connectivity index (χ1n) is 13.8. The largest absolute Gasteiger partial charge is 0.394 e. The van der Waals surface area contributed by atoms with Gasteiger partial charge in [0.15, 0.2) is 0 Å². The van der Waals surface area contributed by atoms with Gasteiger partial charge in [-0.15, -0.1) is 24.9 Å². The number of hydrogen-bond acceptors (Lipinski definition) is 5. The first kappa shape index (κ1) is 28.7. The lowest BCUT2D eigenvalue weighted by molar-refractivity contribution is -0.147. The fourth-order valence-electron chi connectivity index (χ4n) is 7.23. The van der Waals surface area contributed by atoms with Crippen LogP contribution in [0.1, 0.15) is 58.8 Å². The van der Waals surface area contributed by atoms with E-state index >= 15 is 0 Å². The molecule has 3 amide bonds. The van der Waals surface area contributed by atoms with Gasteiger partial charge in [0.25, 0.3) is 0 Å². The summed E-state index contributed by atoms with van der Waals surface area (Å²) in [6.45, 7) is 12.8. The zero-order valence-electron chi connectivity index (χ0n) is 22.2. The number of rotatable bonds is 11. The van der Waals surface area contributed by atoms with Crippen molar-refractivity contribution in [3.63, 3.8) is 0 Å². The zero-order chi connectivity index (χ0) is 26.9. The Bertz CT molecular complexity index is 912. The van der Waals surface area contributed by atoms with E-state index in [0.717, 1.165) is 32.1 Å². The van der Waals surface area contributed by atoms with E-state index in [1.54, 1.807) is 40.6 Å². The van der Waals surface area contributed by atoms with E-state index in [9.17, 15) is 19.5 Å². The molecule has 4 fully saturated rings. The van der Waals surface area contributed by atoms with Crippen LogP contribution in [0.4, 0.5) is 0 Å². The van der Waals surface area contributed by atoms with Crippen molar-refractivity contribution < 1.29 is 19.5 Å². The quantitative estimate of drug-likeness (QED) is 0.291. The van der Waals surface area contributed by atoms with Crippen LogP contribution in [0.2, 0.25) is 0 Å². The molecule has 9 heteroatoms. The lowest BCUT2D eigenvalue weighted by atomic mass is 9.70. The molecule has 0 radical (unpaired) electrons. The number of aliphatic hydroxyl groups is 1. The van der Waals surface area contributed by atoms with Crippen LogP contribution in [0.15, 0.2) is 25.3 Å². The van der Waals surface area contributed by atoms with Crippen molar-refractivity contribution in [3.05, 3.63) is 25.3 Å². The van der Waals surface area contributed by atoms with Crippen molar-refractivity contribution in [2.24, 2.45) is 11.8 Å². The van der Waals surface area contributed by atoms with Crippen molar-refractivity contribution in [2.75, 3.05) is 26.2 Å². The molecule has 2 bridgehead atoms. The van der Waals surface area contributed by atoms with E-state index in [-0.39, 0.29) is 40.4 Å². The van der Waals surface area contributed by atoms with Gasteiger partial charge in [-0.1, -0.05) is 54.3 Å². The van der Waals surface area contributed by atoms with Gasteiger partial charge in [-0.25, -0.2) is 0 Å². The summed E-state index contributed by atoms with van der Waals surface area (Å²) in [6.07, 6.45) is 10.2. The predicted molar refractivity (Wildman–Crippen MR) is 151 cm³/mol. The fraction of sp³-hybridized carbons (Fsp3) is 0.750. The maximum absolute atomic E-state index is 14.5. The number of carbonyl (C=O) groups excluding carboxylic acids is 3. The number of carbonyl (C=O) groups is 3. The SMILES string of the molecule is C=CCN(CCC)C(=O)[C@H]1[C@@H]2SC3(CC2Br)C(C(=O)N(CC=C)C2CCCCC2)N([C@H](C)CO)C(=O)[C@H]13. The molecule has 3 unspecified atom stereocenters. The van der Waals surface area contributed by atoms with Crippen LogP contribution in [-0.4, -0.2) is 96.7 Å². The lowest BCUT2D eigenvalue weighted by Gasteiger charge is -2.42. The van der Waals surface area contributed by atoms with Gasteiger partial charge in [-0.2, -0.15) is 0 Å². The first-order valence-corrected chi connectivity index (χ1v) is 15.6. The molecule has 7 atom stereocenters. The molecule has 0 aromatic heterocycles. The predicted octanol–water partition coefficient (Wildman–Crippen LogP) is 3.60. The number of aliphatic hydroxyl groups excluding tert-OH is 1. The second kappa shape index (κ2) is 11.8. The van der Waals surface area contributed by atoms with Gasteiger partial charge in [0.05, 0.1) is 29.2 Å². The number of amides is 3. The molecule has 3 saturated heterocycles. The van der Waals surface area contributed by atoms with Crippen molar-refractivity contribution in [2.45, 2.75) is 91.7 Å². The standard InChI is InChI=1S/C28H42BrN3O4S/c1-5-13-30(14-6-2)25(34)21-22-26(35)32(18(4)17-33)24(28(22)16-20(29)23(21)37-28)27(36)31(15-7-3)19-11-9-8-10-12-19/h5,7,18-24,33H,1,3,6,8-17H2,2,4H3/t18-,20?,21-,22+,23-,24?,28?/m1/s1. The van der Waals surface area contributed by atoms with Crippen LogP contribution in [-0.2, 0) is 14.4 Å². The molecule has 206 valence electrons. The summed E-state index contributed by atoms with van der Waals surface area (Å²) >= 11 is 5.51. The second-order valence-electron chi connectivity index (χ2n) is 11.1. The molecular weight excluding hydrogens is 554 g/mol. The van der Waals surface area contributed by atoms with Crippen LogP contribution in [0.5, 0.6) is 0 Å². The summed E-state index contributed by atoms with van der Waals surface area (Å²) in [5.41, 5.74) is 0. The van der Waals surface area contributed by atoms with Gasteiger partial charge in [0, 0.05) is 35.8 Å². The molecule has 4 aliphatic rings. The highest BCUT2D eigenvalue weighted by molar-refractivity contribution is 9.09. The number of fused-ring (bicyclic) bond motifs is 1. The summed E-state index contributed by atoms with van der Waals surface area (Å²) in [5, 5.41) is 10.1. The van der Waals surface area contributed by atoms with Crippen LogP contribution in [0.3, 0.4) is 0 Å². The summed E-state index contributed by atoms with van der Waals surface area (Å²) in [6, 6.07) is -1.09. The Balaban J connectivity index is 1.76. The highest BCUT2D eigenvalue weighted by Crippen LogP contribution is 2.68. The number of nitrogens with zero attached hydrogens (tertiary/aromatic N) is 3. The van der Waals surface area contributed by atoms with Gasteiger partial charge >= 0.3 is 0 Å². The van der Waals surface area contributed by atoms with E-state index in [4.69, 9.17) is 0 Å². The van der Waals surface area contributed by atoms with Crippen LogP contribution in [0, 0.1) is 11.8 Å². The molecule has 4 rings (SSSR count). The van der Waals surface area contributed by atoms with Crippen LogP contribution < -0.4 is 0 Å². The van der Waals surface area contributed by atoms with Crippen molar-refractivity contribution in [3.8, 4) is 0 Å². The Morgan fingerprint density at radius 1 is 1.22 bits per heavy atom. The Morgan fingerprint density at radius 2 is 1.89 bits per heavy atom. The van der Waals surface area contributed by atoms with E-state index in [2.05, 4.69) is 29.1 Å². The highest BCUT2D eigenvalue weighted by Gasteiger charge is 2.76. The van der Waals surface area contributed by atoms with Gasteiger partial charge < -0.3 is 19.8 Å². The number of hydrogen-bond donors (Lipinski definition) is 1. The van der Waals surface area contributed by atoms with Crippen molar-refractivity contribution >= 4 is 45.4 Å². The number of alkyl halides is 1. The average Bonchev–Trinajstić information content (AvgIpc) is 3.49. The van der Waals surface area contributed by atoms with E-state index in [0.29, 0.717) is 26.1 Å². The summed E-state index contributed by atoms with van der Waals surface area (Å²) in [4.78, 5) is 48.1. The second-order valence-corrected chi connectivity index (χ2v) is 13.8. The third-order valence-corrected chi connectivity index (χ3v) is 12.0. The van der Waals surface area contributed by atoms with E-state index < -0.39 is 28.7 Å².